The third kappa shape index (κ3) is 6.96. The van der Waals surface area contributed by atoms with E-state index < -0.39 is 60.7 Å². The third-order valence-electron chi connectivity index (χ3n) is 6.23. The number of carbonyl (C=O) groups is 3. The minimum atomic E-state index is -4.74. The van der Waals surface area contributed by atoms with Crippen molar-refractivity contribution < 1.29 is 45.7 Å². The Balaban J connectivity index is 1.64. The van der Waals surface area contributed by atoms with E-state index in [1.54, 1.807) is 0 Å². The largest absolute Gasteiger partial charge is 0.416 e. The number of aryl methyl sites for hydroxylation is 1. The Morgan fingerprint density at radius 3 is 2.62 bits per heavy atom. The van der Waals surface area contributed by atoms with Crippen molar-refractivity contribution in [1.29, 1.82) is 0 Å². The van der Waals surface area contributed by atoms with Gasteiger partial charge in [-0.05, 0) is 47.5 Å². The van der Waals surface area contributed by atoms with Gasteiger partial charge in [0.2, 0.25) is 0 Å². The highest BCUT2D eigenvalue weighted by Gasteiger charge is 2.42. The van der Waals surface area contributed by atoms with Gasteiger partial charge in [-0.1, -0.05) is 17.3 Å². The monoisotopic (exact) mass is 597 g/mol. The van der Waals surface area contributed by atoms with Gasteiger partial charge in [0.15, 0.2) is 5.69 Å². The number of aromatic nitrogens is 3. The molecule has 1 aliphatic rings. The van der Waals surface area contributed by atoms with Crippen LogP contribution in [0.3, 0.4) is 0 Å². The molecule has 0 saturated carbocycles. The van der Waals surface area contributed by atoms with E-state index in [1.165, 1.54) is 38.4 Å². The minimum absolute atomic E-state index is 0.0709. The summed E-state index contributed by atoms with van der Waals surface area (Å²) >= 11 is 0. The number of alkyl halides is 5. The normalized spacial score (nSPS) is 16.4. The summed E-state index contributed by atoms with van der Waals surface area (Å²) in [5, 5.41) is 13.8. The van der Waals surface area contributed by atoms with E-state index in [-0.39, 0.29) is 34.9 Å². The molecule has 3 aromatic rings. The predicted octanol–water partition coefficient (Wildman–Crippen LogP) is 3.25. The maximum absolute atomic E-state index is 14.1. The fraction of sp³-hybridized carbons (Fsp3) is 0.360. The number of hydrogen-bond donors (Lipinski definition) is 3. The first-order chi connectivity index (χ1) is 19.8. The molecule has 0 radical (unpaired) electrons. The molecular weight excluding hydrogens is 573 g/mol. The van der Waals surface area contributed by atoms with Crippen molar-refractivity contribution in [1.82, 2.24) is 30.8 Å². The van der Waals surface area contributed by atoms with E-state index in [0.29, 0.717) is 6.07 Å². The van der Waals surface area contributed by atoms with Gasteiger partial charge in [0.1, 0.15) is 17.6 Å². The van der Waals surface area contributed by atoms with E-state index in [9.17, 15) is 36.3 Å². The van der Waals surface area contributed by atoms with Gasteiger partial charge < -0.3 is 25.6 Å². The van der Waals surface area contributed by atoms with Gasteiger partial charge in [-0.2, -0.15) is 13.2 Å². The molecule has 1 aromatic carbocycles. The molecule has 17 heteroatoms. The molecule has 12 nitrogen and oxygen atoms in total. The number of urea groups is 1. The van der Waals surface area contributed by atoms with E-state index in [4.69, 9.17) is 4.74 Å². The van der Waals surface area contributed by atoms with Gasteiger partial charge in [0.25, 0.3) is 17.7 Å². The highest BCUT2D eigenvalue weighted by Crippen LogP contribution is 2.32. The Morgan fingerprint density at radius 1 is 1.19 bits per heavy atom. The highest BCUT2D eigenvalue weighted by atomic mass is 19.4. The number of nitrogens with zero attached hydrogens (tertiary/aromatic N) is 4. The Kier molecular flexibility index (Phi) is 8.70. The number of benzene rings is 1. The Labute approximate surface area is 234 Å². The van der Waals surface area contributed by atoms with Gasteiger partial charge in [-0.15, -0.1) is 0 Å². The number of methoxy groups -OCH3 is 1. The third-order valence-corrected chi connectivity index (χ3v) is 6.23. The lowest BCUT2D eigenvalue weighted by Gasteiger charge is -2.38. The summed E-state index contributed by atoms with van der Waals surface area (Å²) in [6.07, 6.45) is -3.51. The maximum atomic E-state index is 14.1. The van der Waals surface area contributed by atoms with Crippen LogP contribution in [0.1, 0.15) is 45.0 Å². The molecule has 0 bridgehead atoms. The molecule has 2 atom stereocenters. The molecule has 0 aliphatic carbocycles. The van der Waals surface area contributed by atoms with Crippen LogP contribution in [0.5, 0.6) is 0 Å². The average Bonchev–Trinajstić information content (AvgIpc) is 3.37. The van der Waals surface area contributed by atoms with Crippen LogP contribution in [0.15, 0.2) is 47.2 Å². The molecule has 1 saturated heterocycles. The lowest BCUT2D eigenvalue weighted by molar-refractivity contribution is -0.137. The van der Waals surface area contributed by atoms with Gasteiger partial charge >= 0.3 is 12.2 Å². The second-order valence-corrected chi connectivity index (χ2v) is 9.31. The molecule has 42 heavy (non-hydrogen) atoms. The van der Waals surface area contributed by atoms with Crippen LogP contribution in [0.2, 0.25) is 0 Å². The smallest absolute Gasteiger partial charge is 0.382 e. The quantitative estimate of drug-likeness (QED) is 0.318. The zero-order valence-corrected chi connectivity index (χ0v) is 22.0. The highest BCUT2D eigenvalue weighted by molar-refractivity contribution is 6.00. The van der Waals surface area contributed by atoms with Crippen LogP contribution in [0, 0.1) is 6.92 Å². The number of pyridine rings is 1. The Hall–Kier alpha value is -4.67. The first kappa shape index (κ1) is 30.3. The molecular formula is C25H24F5N7O5. The van der Waals surface area contributed by atoms with E-state index in [2.05, 4.69) is 35.9 Å². The summed E-state index contributed by atoms with van der Waals surface area (Å²) in [5.41, 5.74) is -1.24. The van der Waals surface area contributed by atoms with Crippen molar-refractivity contribution >= 4 is 23.7 Å². The van der Waals surface area contributed by atoms with Gasteiger partial charge in [-0.25, -0.2) is 23.2 Å². The van der Waals surface area contributed by atoms with Crippen molar-refractivity contribution in [2.24, 2.45) is 0 Å². The SMILES string of the molecule is COC[C@H](c1ccnc(NC(=O)[C@@H](NC(=O)c2nonc2C)c2cccc(C(F)(F)F)c2)c1)N1CC(F)(F)CNC1=O. The number of hydrogen-bond acceptors (Lipinski definition) is 8. The summed E-state index contributed by atoms with van der Waals surface area (Å²) in [6.45, 7) is -0.507. The number of carbonyl (C=O) groups excluding carboxylic acids is 3. The molecule has 0 spiro atoms. The van der Waals surface area contributed by atoms with E-state index >= 15 is 0 Å². The Morgan fingerprint density at radius 2 is 1.95 bits per heavy atom. The summed E-state index contributed by atoms with van der Waals surface area (Å²) in [5.74, 6) is -5.30. The van der Waals surface area contributed by atoms with Crippen molar-refractivity contribution in [3.05, 3.63) is 70.7 Å². The van der Waals surface area contributed by atoms with Crippen molar-refractivity contribution in [2.75, 3.05) is 32.1 Å². The van der Waals surface area contributed by atoms with Gasteiger partial charge in [0.05, 0.1) is 31.3 Å². The number of anilines is 1. The van der Waals surface area contributed by atoms with Crippen LogP contribution in [-0.2, 0) is 15.7 Å². The van der Waals surface area contributed by atoms with Gasteiger partial charge in [-0.3, -0.25) is 9.59 Å². The molecule has 3 heterocycles. The standard InChI is InChI=1S/C25H24F5N7O5/c1-13-19(36-42-35-13)21(38)34-20(15-4-3-5-16(8-15)25(28,29)30)22(39)33-18-9-14(6-7-31-18)17(10-41-2)37-12-24(26,27)11-32-23(37)40/h3-9,17,20H,10-12H2,1-2H3,(H,32,40)(H,34,38)(H,31,33,39)/t17-,20+/m1/s1. The maximum Gasteiger partial charge on any atom is 0.416 e. The van der Waals surface area contributed by atoms with Crippen LogP contribution in [-0.4, -0.2) is 70.8 Å². The summed E-state index contributed by atoms with van der Waals surface area (Å²) in [6, 6.07) is 3.05. The number of rotatable bonds is 9. The molecule has 0 unspecified atom stereocenters. The van der Waals surface area contributed by atoms with E-state index in [0.717, 1.165) is 17.0 Å². The van der Waals surface area contributed by atoms with Crippen molar-refractivity contribution in [3.8, 4) is 0 Å². The second kappa shape index (κ2) is 12.1. The van der Waals surface area contributed by atoms with Crippen molar-refractivity contribution in [3.63, 3.8) is 0 Å². The summed E-state index contributed by atoms with van der Waals surface area (Å²) in [4.78, 5) is 43.5. The zero-order chi connectivity index (χ0) is 30.7. The molecule has 4 rings (SSSR count). The molecule has 4 amide bonds. The average molecular weight is 598 g/mol. The summed E-state index contributed by atoms with van der Waals surface area (Å²) in [7, 11) is 1.31. The lowest BCUT2D eigenvalue weighted by Crippen LogP contribution is -2.58. The molecule has 224 valence electrons. The lowest BCUT2D eigenvalue weighted by atomic mass is 10.0. The number of amides is 4. The topological polar surface area (TPSA) is 152 Å². The molecule has 1 aliphatic heterocycles. The predicted molar refractivity (Wildman–Crippen MR) is 133 cm³/mol. The number of halogens is 5. The zero-order valence-electron chi connectivity index (χ0n) is 22.0. The number of nitrogens with one attached hydrogen (secondary N) is 3. The first-order valence-corrected chi connectivity index (χ1v) is 12.2. The molecule has 3 N–H and O–H groups in total. The van der Waals surface area contributed by atoms with Crippen LogP contribution < -0.4 is 16.0 Å². The summed E-state index contributed by atoms with van der Waals surface area (Å²) < 4.78 is 78.1. The van der Waals surface area contributed by atoms with E-state index in [1.807, 2.05) is 0 Å². The Bertz CT molecular complexity index is 1470. The first-order valence-electron chi connectivity index (χ1n) is 12.2. The fourth-order valence-electron chi connectivity index (χ4n) is 4.21. The second-order valence-electron chi connectivity index (χ2n) is 9.31. The fourth-order valence-corrected chi connectivity index (χ4v) is 4.21. The van der Waals surface area contributed by atoms with Crippen LogP contribution in [0.4, 0.5) is 32.6 Å². The minimum Gasteiger partial charge on any atom is -0.382 e. The number of ether oxygens (including phenoxy) is 1. The van der Waals surface area contributed by atoms with Crippen LogP contribution >= 0.6 is 0 Å². The molecule has 2 aromatic heterocycles. The molecule has 1 fully saturated rings. The van der Waals surface area contributed by atoms with Crippen LogP contribution in [0.25, 0.3) is 0 Å². The van der Waals surface area contributed by atoms with Gasteiger partial charge in [0, 0.05) is 13.3 Å². The van der Waals surface area contributed by atoms with Crippen molar-refractivity contribution in [2.45, 2.75) is 31.1 Å².